The number of rotatable bonds is 0. The van der Waals surface area contributed by atoms with Gasteiger partial charge in [0.25, 0.3) is 0 Å². The molecule has 0 atom stereocenters. The Bertz CT molecular complexity index is 149. The van der Waals surface area contributed by atoms with Crippen molar-refractivity contribution < 1.29 is 9.59 Å². The molecule has 7 heavy (non-hydrogen) atoms. The molecule has 0 bridgehead atoms. The van der Waals surface area contributed by atoms with Crippen molar-refractivity contribution in [3.05, 3.63) is 0 Å². The molecule has 5 nitrogen and oxygen atoms in total. The third kappa shape index (κ3) is 0.466. The molecule has 1 heterocycles. The number of carbonyl (C=O) groups is 2. The summed E-state index contributed by atoms with van der Waals surface area (Å²) in [6, 6.07) is 0. The highest BCUT2D eigenvalue weighted by Crippen LogP contribution is 1.86. The van der Waals surface area contributed by atoms with Gasteiger partial charge in [0, 0.05) is 0 Å². The first-order valence-corrected chi connectivity index (χ1v) is 1.51. The first-order chi connectivity index (χ1) is 3.30. The maximum Gasteiger partial charge on any atom is 0.358 e. The molecule has 1 aliphatic rings. The lowest BCUT2D eigenvalue weighted by atomic mass is 10.6. The van der Waals surface area contributed by atoms with Gasteiger partial charge in [-0.1, -0.05) is 10.5 Å². The molecule has 2 amide bonds. The van der Waals surface area contributed by atoms with Crippen molar-refractivity contribution in [3.8, 4) is 0 Å². The SMILES string of the molecule is O=C1[N]N=NC1=O. The first-order valence-electron chi connectivity index (χ1n) is 1.51. The van der Waals surface area contributed by atoms with E-state index < -0.39 is 11.8 Å². The van der Waals surface area contributed by atoms with Crippen LogP contribution in [-0.4, -0.2) is 11.8 Å². The standard InChI is InChI=1S/C2N3O2/c6-1-2(7)4-5-3-1. The van der Waals surface area contributed by atoms with Gasteiger partial charge in [-0.2, -0.15) is 0 Å². The molecule has 0 fully saturated rings. The summed E-state index contributed by atoms with van der Waals surface area (Å²) >= 11 is 0. The first kappa shape index (κ1) is 3.91. The quantitative estimate of drug-likeness (QED) is 0.365. The van der Waals surface area contributed by atoms with Crippen LogP contribution in [0.1, 0.15) is 0 Å². The summed E-state index contributed by atoms with van der Waals surface area (Å²) in [4.78, 5) is 19.7. The average Bonchev–Trinajstić information content (AvgIpc) is 1.91. The highest BCUT2D eigenvalue weighted by molar-refractivity contribution is 6.36. The van der Waals surface area contributed by atoms with E-state index in [0.29, 0.717) is 0 Å². The Balaban J connectivity index is 2.81. The Hall–Kier alpha value is -1.26. The molecule has 1 aliphatic heterocycles. The second-order valence-electron chi connectivity index (χ2n) is 0.900. The largest absolute Gasteiger partial charge is 0.358 e. The second kappa shape index (κ2) is 1.11. The van der Waals surface area contributed by atoms with Gasteiger partial charge in [-0.25, -0.2) is 0 Å². The highest BCUT2D eigenvalue weighted by atomic mass is 16.2. The fourth-order valence-electron chi connectivity index (χ4n) is 0.189. The van der Waals surface area contributed by atoms with Crippen LogP contribution in [0.4, 0.5) is 0 Å². The van der Waals surface area contributed by atoms with Crippen LogP contribution in [0.2, 0.25) is 0 Å². The van der Waals surface area contributed by atoms with Crippen LogP contribution in [0.25, 0.3) is 0 Å². The maximum absolute atomic E-state index is 9.87. The minimum atomic E-state index is -0.889. The van der Waals surface area contributed by atoms with E-state index in [2.05, 4.69) is 15.8 Å². The lowest BCUT2D eigenvalue weighted by Gasteiger charge is -1.67. The Kier molecular flexibility index (Phi) is 0.619. The number of hydrogen-bond acceptors (Lipinski definition) is 3. The third-order valence-electron chi connectivity index (χ3n) is 0.454. The molecule has 0 aromatic heterocycles. The van der Waals surface area contributed by atoms with Gasteiger partial charge in [-0.15, -0.1) is 0 Å². The van der Waals surface area contributed by atoms with Crippen LogP contribution < -0.4 is 5.43 Å². The van der Waals surface area contributed by atoms with Crippen LogP contribution in [0.15, 0.2) is 10.3 Å². The third-order valence-corrected chi connectivity index (χ3v) is 0.454. The van der Waals surface area contributed by atoms with E-state index in [4.69, 9.17) is 0 Å². The molecule has 5 heteroatoms. The number of hydrogen-bond donors (Lipinski definition) is 0. The molecule has 0 aliphatic carbocycles. The number of nitrogens with zero attached hydrogens (tertiary/aromatic N) is 3. The summed E-state index contributed by atoms with van der Waals surface area (Å²) in [7, 11) is 0. The van der Waals surface area contributed by atoms with Crippen molar-refractivity contribution in [1.82, 2.24) is 5.43 Å². The van der Waals surface area contributed by atoms with Gasteiger partial charge < -0.3 is 0 Å². The minimum Gasteiger partial charge on any atom is -0.259 e. The van der Waals surface area contributed by atoms with Crippen LogP contribution in [-0.2, 0) is 9.59 Å². The van der Waals surface area contributed by atoms with E-state index >= 15 is 0 Å². The van der Waals surface area contributed by atoms with Crippen LogP contribution in [0, 0.1) is 0 Å². The van der Waals surface area contributed by atoms with Gasteiger partial charge in [-0.3, -0.25) is 9.59 Å². The fraction of sp³-hybridized carbons (Fsp3) is 0. The molecule has 35 valence electrons. The van der Waals surface area contributed by atoms with Gasteiger partial charge in [-0.05, 0) is 5.22 Å². The molecular formula is C2N3O2. The van der Waals surface area contributed by atoms with Gasteiger partial charge in [0.1, 0.15) is 0 Å². The topological polar surface area (TPSA) is 73.0 Å². The van der Waals surface area contributed by atoms with Gasteiger partial charge in [0.2, 0.25) is 0 Å². The summed E-state index contributed by atoms with van der Waals surface area (Å²) in [5, 5.41) is 5.58. The van der Waals surface area contributed by atoms with E-state index in [0.717, 1.165) is 0 Å². The van der Waals surface area contributed by atoms with Crippen molar-refractivity contribution in [2.45, 2.75) is 0 Å². The Morgan fingerprint density at radius 3 is 2.00 bits per heavy atom. The molecule has 0 aromatic carbocycles. The lowest BCUT2D eigenvalue weighted by molar-refractivity contribution is -0.135. The summed E-state index contributed by atoms with van der Waals surface area (Å²) < 4.78 is 0. The Labute approximate surface area is 38.4 Å². The van der Waals surface area contributed by atoms with E-state index in [9.17, 15) is 9.59 Å². The average molecular weight is 98.0 g/mol. The van der Waals surface area contributed by atoms with Crippen molar-refractivity contribution >= 4 is 11.8 Å². The lowest BCUT2D eigenvalue weighted by Crippen LogP contribution is -2.11. The van der Waals surface area contributed by atoms with E-state index in [1.54, 1.807) is 0 Å². The zero-order valence-electron chi connectivity index (χ0n) is 3.16. The molecule has 0 saturated carbocycles. The molecule has 0 unspecified atom stereocenters. The maximum atomic E-state index is 9.87. The molecule has 1 rings (SSSR count). The van der Waals surface area contributed by atoms with Crippen LogP contribution in [0.5, 0.6) is 0 Å². The van der Waals surface area contributed by atoms with Crippen molar-refractivity contribution in [3.63, 3.8) is 0 Å². The predicted octanol–water partition coefficient (Wildman–Crippen LogP) is -0.975. The van der Waals surface area contributed by atoms with Crippen LogP contribution in [0.3, 0.4) is 0 Å². The summed E-state index contributed by atoms with van der Waals surface area (Å²) in [5.41, 5.74) is 2.79. The zero-order chi connectivity index (χ0) is 5.28. The molecule has 0 saturated heterocycles. The molecule has 1 radical (unpaired) electrons. The summed E-state index contributed by atoms with van der Waals surface area (Å²) in [5.74, 6) is -1.78. The van der Waals surface area contributed by atoms with E-state index in [1.807, 2.05) is 0 Å². The normalized spacial score (nSPS) is 17.7. The Morgan fingerprint density at radius 1 is 1.14 bits per heavy atom. The van der Waals surface area contributed by atoms with Gasteiger partial charge in [0.15, 0.2) is 0 Å². The number of amides is 2. The highest BCUT2D eigenvalue weighted by Gasteiger charge is 2.19. The van der Waals surface area contributed by atoms with E-state index in [1.165, 1.54) is 0 Å². The van der Waals surface area contributed by atoms with E-state index in [-0.39, 0.29) is 0 Å². The molecular weight excluding hydrogens is 98.0 g/mol. The van der Waals surface area contributed by atoms with Crippen molar-refractivity contribution in [1.29, 1.82) is 0 Å². The van der Waals surface area contributed by atoms with Crippen LogP contribution >= 0.6 is 0 Å². The van der Waals surface area contributed by atoms with Gasteiger partial charge >= 0.3 is 11.8 Å². The summed E-state index contributed by atoms with van der Waals surface area (Å²) in [6.45, 7) is 0. The fourth-order valence-corrected chi connectivity index (χ4v) is 0.189. The Morgan fingerprint density at radius 2 is 1.86 bits per heavy atom. The smallest absolute Gasteiger partial charge is 0.259 e. The predicted molar refractivity (Wildman–Crippen MR) is 17.0 cm³/mol. The van der Waals surface area contributed by atoms with Crippen molar-refractivity contribution in [2.24, 2.45) is 10.3 Å². The molecule has 0 aromatic rings. The van der Waals surface area contributed by atoms with Gasteiger partial charge in [0.05, 0.1) is 0 Å². The zero-order valence-corrected chi connectivity index (χ0v) is 3.16. The summed E-state index contributed by atoms with van der Waals surface area (Å²) in [6.07, 6.45) is 0. The molecule has 0 spiro atoms. The number of carbonyl (C=O) groups excluding carboxylic acids is 2. The molecule has 0 N–H and O–H groups in total. The monoisotopic (exact) mass is 98.0 g/mol. The van der Waals surface area contributed by atoms with Crippen molar-refractivity contribution in [2.75, 3.05) is 0 Å². The minimum absolute atomic E-state index is 0.889. The second-order valence-corrected chi connectivity index (χ2v) is 0.900.